The molecule has 0 heterocycles. The zero-order valence-corrected chi connectivity index (χ0v) is 20.2. The molecule has 33 heavy (non-hydrogen) atoms. The van der Waals surface area contributed by atoms with Gasteiger partial charge >= 0.3 is 6.09 Å². The van der Waals surface area contributed by atoms with E-state index in [-0.39, 0.29) is 30.2 Å². The Kier molecular flexibility index (Phi) is 8.08. The van der Waals surface area contributed by atoms with Crippen molar-refractivity contribution >= 4 is 23.5 Å². The Morgan fingerprint density at radius 2 is 1.58 bits per heavy atom. The number of hydrogen-bond acceptors (Lipinski definition) is 5. The number of carbonyl (C=O) groups is 2. The fraction of sp³-hybridized carbons (Fsp3) is 0.400. The molecule has 4 N–H and O–H groups in total. The Hall–Kier alpha value is -3.55. The second kappa shape index (κ2) is 10.4. The lowest BCUT2D eigenvalue weighted by Crippen LogP contribution is -2.36. The molecule has 0 atom stereocenters. The number of ether oxygens (including phenoxy) is 1. The van der Waals surface area contributed by atoms with Crippen LogP contribution < -0.4 is 16.0 Å². The van der Waals surface area contributed by atoms with Crippen LogP contribution in [-0.2, 0) is 16.7 Å². The summed E-state index contributed by atoms with van der Waals surface area (Å²) in [4.78, 5) is 26.8. The molecule has 8 nitrogen and oxygen atoms in total. The van der Waals surface area contributed by atoms with Gasteiger partial charge in [0.25, 0.3) is 5.91 Å². The highest BCUT2D eigenvalue weighted by molar-refractivity contribution is 5.97. The van der Waals surface area contributed by atoms with Crippen molar-refractivity contribution in [1.29, 1.82) is 0 Å². The molecule has 8 heteroatoms. The molecule has 0 aliphatic carbocycles. The molecule has 0 aliphatic heterocycles. The lowest BCUT2D eigenvalue weighted by atomic mass is 9.87. The van der Waals surface area contributed by atoms with Crippen molar-refractivity contribution in [3.05, 3.63) is 65.2 Å². The van der Waals surface area contributed by atoms with Crippen LogP contribution in [0.2, 0.25) is 0 Å². The number of amides is 2. The molecule has 0 unspecified atom stereocenters. The van der Waals surface area contributed by atoms with Gasteiger partial charge in [0, 0.05) is 11.3 Å². The van der Waals surface area contributed by atoms with Crippen molar-refractivity contribution in [2.75, 3.05) is 11.4 Å². The van der Waals surface area contributed by atoms with Crippen LogP contribution >= 0.6 is 0 Å². The normalized spacial score (nSPS) is 12.2. The Morgan fingerprint density at radius 3 is 2.06 bits per heavy atom. The summed E-state index contributed by atoms with van der Waals surface area (Å²) in [6.07, 6.45) is -0.452. The Morgan fingerprint density at radius 1 is 1.00 bits per heavy atom. The molecule has 0 aromatic heterocycles. The number of hydrogen-bond donors (Lipinski definition) is 3. The second-order valence-electron chi connectivity index (χ2n) is 9.83. The number of oxime groups is 1. The van der Waals surface area contributed by atoms with Crippen LogP contribution in [-0.4, -0.2) is 35.2 Å². The first-order chi connectivity index (χ1) is 15.3. The van der Waals surface area contributed by atoms with Crippen LogP contribution in [0.1, 0.15) is 63.0 Å². The molecule has 0 fully saturated rings. The highest BCUT2D eigenvalue weighted by atomic mass is 16.6. The maximum absolute atomic E-state index is 13.0. The highest BCUT2D eigenvalue weighted by Gasteiger charge is 2.24. The van der Waals surface area contributed by atoms with E-state index >= 15 is 0 Å². The van der Waals surface area contributed by atoms with Gasteiger partial charge in [-0.05, 0) is 61.6 Å². The minimum Gasteiger partial charge on any atom is -0.443 e. The van der Waals surface area contributed by atoms with Crippen molar-refractivity contribution in [2.45, 2.75) is 59.1 Å². The van der Waals surface area contributed by atoms with Crippen LogP contribution in [0.25, 0.3) is 0 Å². The summed E-state index contributed by atoms with van der Waals surface area (Å²) in [5.74, 6) is -0.444. The number of nitrogens with one attached hydrogen (secondary N) is 1. The van der Waals surface area contributed by atoms with Crippen molar-refractivity contribution < 1.29 is 19.5 Å². The molecule has 2 amide bonds. The molecule has 2 aromatic carbocycles. The number of nitrogens with zero attached hydrogens (tertiary/aromatic N) is 2. The van der Waals surface area contributed by atoms with Crippen LogP contribution in [0.4, 0.5) is 10.5 Å². The molecule has 0 spiro atoms. The van der Waals surface area contributed by atoms with Gasteiger partial charge in [-0.25, -0.2) is 4.79 Å². The van der Waals surface area contributed by atoms with Gasteiger partial charge in [-0.2, -0.15) is 0 Å². The average Bonchev–Trinajstić information content (AvgIpc) is 2.74. The molecular formula is C25H34N4O4. The third kappa shape index (κ3) is 7.82. The molecule has 0 saturated heterocycles. The lowest BCUT2D eigenvalue weighted by molar-refractivity contribution is 0.0577. The van der Waals surface area contributed by atoms with Crippen molar-refractivity contribution in [2.24, 2.45) is 10.9 Å². The minimum absolute atomic E-state index is 0.000616. The Bertz CT molecular complexity index is 985. The SMILES string of the molecule is CC(C)(C)OC(=O)N(Cc1ccc(C(=O)NC/C(N)=N\O)cc1)c1ccc(C(C)(C)C)cc1. The number of anilines is 1. The fourth-order valence-corrected chi connectivity index (χ4v) is 2.97. The highest BCUT2D eigenvalue weighted by Crippen LogP contribution is 2.27. The van der Waals surface area contributed by atoms with E-state index in [4.69, 9.17) is 15.7 Å². The van der Waals surface area contributed by atoms with Gasteiger partial charge in [0.15, 0.2) is 5.84 Å². The zero-order chi connectivity index (χ0) is 24.8. The van der Waals surface area contributed by atoms with E-state index in [0.29, 0.717) is 5.56 Å². The number of nitrogens with two attached hydrogens (primary N) is 1. The van der Waals surface area contributed by atoms with Gasteiger partial charge in [-0.1, -0.05) is 50.2 Å². The topological polar surface area (TPSA) is 117 Å². The first kappa shape index (κ1) is 25.7. The third-order valence-electron chi connectivity index (χ3n) is 4.77. The molecule has 2 aromatic rings. The largest absolute Gasteiger partial charge is 0.443 e. The predicted molar refractivity (Wildman–Crippen MR) is 130 cm³/mol. The smallest absolute Gasteiger partial charge is 0.415 e. The molecule has 0 saturated carbocycles. The van der Waals surface area contributed by atoms with E-state index in [1.54, 1.807) is 29.2 Å². The van der Waals surface area contributed by atoms with E-state index in [1.165, 1.54) is 0 Å². The van der Waals surface area contributed by atoms with Crippen molar-refractivity contribution in [1.82, 2.24) is 5.32 Å². The molecule has 0 radical (unpaired) electrons. The monoisotopic (exact) mass is 454 g/mol. The summed E-state index contributed by atoms with van der Waals surface area (Å²) in [6, 6.07) is 14.7. The van der Waals surface area contributed by atoms with Crippen LogP contribution in [0, 0.1) is 0 Å². The maximum Gasteiger partial charge on any atom is 0.415 e. The standard InChI is InChI=1S/C25H34N4O4/c1-24(2,3)19-11-13-20(14-12-19)29(23(31)33-25(4,5)6)16-17-7-9-18(10-8-17)22(30)27-15-21(26)28-32/h7-14,32H,15-16H2,1-6H3,(H2,26,28)(H,27,30). The zero-order valence-electron chi connectivity index (χ0n) is 20.2. The van der Waals surface area contributed by atoms with Crippen LogP contribution in [0.5, 0.6) is 0 Å². The lowest BCUT2D eigenvalue weighted by Gasteiger charge is -2.28. The van der Waals surface area contributed by atoms with Crippen molar-refractivity contribution in [3.8, 4) is 0 Å². The van der Waals surface area contributed by atoms with E-state index < -0.39 is 11.7 Å². The third-order valence-corrected chi connectivity index (χ3v) is 4.77. The number of amidine groups is 1. The van der Waals surface area contributed by atoms with E-state index in [1.807, 2.05) is 45.0 Å². The van der Waals surface area contributed by atoms with Gasteiger partial charge < -0.3 is 21.0 Å². The van der Waals surface area contributed by atoms with Gasteiger partial charge in [-0.15, -0.1) is 0 Å². The van der Waals surface area contributed by atoms with E-state index in [9.17, 15) is 9.59 Å². The van der Waals surface area contributed by atoms with Crippen LogP contribution in [0.3, 0.4) is 0 Å². The Balaban J connectivity index is 2.24. The first-order valence-electron chi connectivity index (χ1n) is 10.7. The minimum atomic E-state index is -0.637. The molecular weight excluding hydrogens is 420 g/mol. The molecule has 178 valence electrons. The molecule has 2 rings (SSSR count). The van der Waals surface area contributed by atoms with Gasteiger partial charge in [0.2, 0.25) is 0 Å². The summed E-state index contributed by atoms with van der Waals surface area (Å²) >= 11 is 0. The van der Waals surface area contributed by atoms with E-state index in [0.717, 1.165) is 16.8 Å². The van der Waals surface area contributed by atoms with Gasteiger partial charge in [0.1, 0.15) is 5.60 Å². The van der Waals surface area contributed by atoms with Gasteiger partial charge in [-0.3, -0.25) is 9.69 Å². The predicted octanol–water partition coefficient (Wildman–Crippen LogP) is 4.40. The fourth-order valence-electron chi connectivity index (χ4n) is 2.97. The van der Waals surface area contributed by atoms with Gasteiger partial charge in [0.05, 0.1) is 13.1 Å². The van der Waals surface area contributed by atoms with E-state index in [2.05, 4.69) is 31.2 Å². The van der Waals surface area contributed by atoms with Crippen molar-refractivity contribution in [3.63, 3.8) is 0 Å². The number of carbonyl (C=O) groups excluding carboxylic acids is 2. The summed E-state index contributed by atoms with van der Waals surface area (Å²) in [7, 11) is 0. The summed E-state index contributed by atoms with van der Waals surface area (Å²) in [5.41, 5.74) is 7.87. The molecule has 0 bridgehead atoms. The molecule has 0 aliphatic rings. The first-order valence-corrected chi connectivity index (χ1v) is 10.7. The van der Waals surface area contributed by atoms with Crippen LogP contribution in [0.15, 0.2) is 53.7 Å². The summed E-state index contributed by atoms with van der Waals surface area (Å²) in [5, 5.41) is 14.0. The average molecular weight is 455 g/mol. The number of benzene rings is 2. The number of rotatable bonds is 6. The quantitative estimate of drug-likeness (QED) is 0.259. The second-order valence-corrected chi connectivity index (χ2v) is 9.83. The summed E-state index contributed by atoms with van der Waals surface area (Å²) in [6.45, 7) is 12.1. The maximum atomic E-state index is 13.0. The Labute approximate surface area is 195 Å². The summed E-state index contributed by atoms with van der Waals surface area (Å²) < 4.78 is 5.63.